The van der Waals surface area contributed by atoms with Crippen LogP contribution in [0.3, 0.4) is 0 Å². The van der Waals surface area contributed by atoms with Crippen molar-refractivity contribution in [1.82, 2.24) is 4.98 Å². The lowest BCUT2D eigenvalue weighted by atomic mass is 10.2. The number of pyridine rings is 1. The van der Waals surface area contributed by atoms with E-state index >= 15 is 0 Å². The van der Waals surface area contributed by atoms with Gasteiger partial charge in [-0.1, -0.05) is 6.92 Å². The second-order valence-corrected chi connectivity index (χ2v) is 5.63. The first-order valence-electron chi connectivity index (χ1n) is 6.21. The first-order valence-corrected chi connectivity index (χ1v) is 7.36. The molecule has 7 heteroatoms. The van der Waals surface area contributed by atoms with E-state index < -0.39 is 11.9 Å². The largest absolute Gasteiger partial charge is 0.433 e. The van der Waals surface area contributed by atoms with Gasteiger partial charge in [-0.25, -0.2) is 4.98 Å². The van der Waals surface area contributed by atoms with Crippen molar-refractivity contribution in [3.8, 4) is 6.07 Å². The van der Waals surface area contributed by atoms with E-state index in [-0.39, 0.29) is 17.4 Å². The van der Waals surface area contributed by atoms with Crippen molar-refractivity contribution < 1.29 is 13.2 Å². The standard InChI is InChI=1S/C13H16F3N3S/c1-3-20-7-6-9(2)18-12-10(8-17)4-5-11(19-12)13(14,15)16/h4-5,9H,3,6-7H2,1-2H3,(H,18,19). The molecule has 1 unspecified atom stereocenters. The number of hydrogen-bond acceptors (Lipinski definition) is 4. The third-order valence-electron chi connectivity index (χ3n) is 2.59. The van der Waals surface area contributed by atoms with E-state index in [2.05, 4.69) is 10.3 Å². The van der Waals surface area contributed by atoms with E-state index in [4.69, 9.17) is 5.26 Å². The first kappa shape index (κ1) is 16.6. The van der Waals surface area contributed by atoms with E-state index in [1.54, 1.807) is 11.8 Å². The Labute approximate surface area is 120 Å². The number of alkyl halides is 3. The topological polar surface area (TPSA) is 48.7 Å². The average Bonchev–Trinajstić information content (AvgIpc) is 2.38. The molecule has 1 aromatic heterocycles. The summed E-state index contributed by atoms with van der Waals surface area (Å²) in [7, 11) is 0. The zero-order chi connectivity index (χ0) is 15.2. The van der Waals surface area contributed by atoms with Crippen LogP contribution < -0.4 is 5.32 Å². The molecule has 0 aliphatic carbocycles. The molecule has 1 atom stereocenters. The van der Waals surface area contributed by atoms with E-state index in [1.807, 2.05) is 19.9 Å². The van der Waals surface area contributed by atoms with Crippen molar-refractivity contribution in [2.24, 2.45) is 0 Å². The molecule has 3 nitrogen and oxygen atoms in total. The van der Waals surface area contributed by atoms with Crippen molar-refractivity contribution in [3.05, 3.63) is 23.4 Å². The molecule has 20 heavy (non-hydrogen) atoms. The minimum atomic E-state index is -4.51. The number of nitrogens with one attached hydrogen (secondary N) is 1. The monoisotopic (exact) mass is 303 g/mol. The molecule has 0 spiro atoms. The van der Waals surface area contributed by atoms with Gasteiger partial charge in [-0.05, 0) is 37.0 Å². The summed E-state index contributed by atoms with van der Waals surface area (Å²) >= 11 is 1.76. The molecular formula is C13H16F3N3S. The number of hydrogen-bond donors (Lipinski definition) is 1. The summed E-state index contributed by atoms with van der Waals surface area (Å²) in [4.78, 5) is 3.52. The molecule has 0 amide bonds. The van der Waals surface area contributed by atoms with Gasteiger partial charge in [0.2, 0.25) is 0 Å². The number of halogens is 3. The van der Waals surface area contributed by atoms with Crippen molar-refractivity contribution in [3.63, 3.8) is 0 Å². The zero-order valence-corrected chi connectivity index (χ0v) is 12.1. The van der Waals surface area contributed by atoms with Crippen molar-refractivity contribution in [1.29, 1.82) is 5.26 Å². The van der Waals surface area contributed by atoms with Gasteiger partial charge in [-0.3, -0.25) is 0 Å². The Balaban J connectivity index is 2.84. The highest BCUT2D eigenvalue weighted by Gasteiger charge is 2.33. The van der Waals surface area contributed by atoms with E-state index in [1.165, 1.54) is 0 Å². The lowest BCUT2D eigenvalue weighted by Gasteiger charge is -2.16. The fourth-order valence-electron chi connectivity index (χ4n) is 1.53. The summed E-state index contributed by atoms with van der Waals surface area (Å²) in [5.74, 6) is 1.90. The summed E-state index contributed by atoms with van der Waals surface area (Å²) in [6.45, 7) is 3.91. The first-order chi connectivity index (χ1) is 9.38. The van der Waals surface area contributed by atoms with Crippen LogP contribution in [0.4, 0.5) is 19.0 Å². The van der Waals surface area contributed by atoms with Crippen LogP contribution in [-0.2, 0) is 6.18 Å². The van der Waals surface area contributed by atoms with Gasteiger partial charge in [0.15, 0.2) is 0 Å². The third-order valence-corrected chi connectivity index (χ3v) is 3.52. The van der Waals surface area contributed by atoms with Gasteiger partial charge in [0.1, 0.15) is 17.6 Å². The van der Waals surface area contributed by atoms with Gasteiger partial charge < -0.3 is 5.32 Å². The Morgan fingerprint density at radius 2 is 2.15 bits per heavy atom. The van der Waals surface area contributed by atoms with Gasteiger partial charge in [-0.2, -0.15) is 30.2 Å². The molecule has 1 N–H and O–H groups in total. The molecule has 0 saturated carbocycles. The Hall–Kier alpha value is -1.42. The summed E-state index contributed by atoms with van der Waals surface area (Å²) in [5.41, 5.74) is -0.873. The minimum Gasteiger partial charge on any atom is -0.366 e. The summed E-state index contributed by atoms with van der Waals surface area (Å²) in [6, 6.07) is 3.77. The number of nitrogens with zero attached hydrogens (tertiary/aromatic N) is 2. The van der Waals surface area contributed by atoms with Crippen LogP contribution in [0.5, 0.6) is 0 Å². The molecular weight excluding hydrogens is 287 g/mol. The minimum absolute atomic E-state index is 0.00340. The smallest absolute Gasteiger partial charge is 0.366 e. The van der Waals surface area contributed by atoms with E-state index in [0.29, 0.717) is 0 Å². The molecule has 0 bridgehead atoms. The highest BCUT2D eigenvalue weighted by molar-refractivity contribution is 7.99. The number of rotatable bonds is 6. The highest BCUT2D eigenvalue weighted by Crippen LogP contribution is 2.29. The highest BCUT2D eigenvalue weighted by atomic mass is 32.2. The maximum absolute atomic E-state index is 12.6. The molecule has 1 heterocycles. The normalized spacial score (nSPS) is 12.8. The van der Waals surface area contributed by atoms with Crippen LogP contribution in [0.2, 0.25) is 0 Å². The van der Waals surface area contributed by atoms with E-state index in [9.17, 15) is 13.2 Å². The molecule has 0 aliphatic heterocycles. The lowest BCUT2D eigenvalue weighted by molar-refractivity contribution is -0.141. The second kappa shape index (κ2) is 7.39. The predicted molar refractivity (Wildman–Crippen MR) is 74.7 cm³/mol. The van der Waals surface area contributed by atoms with Crippen LogP contribution >= 0.6 is 11.8 Å². The molecule has 1 rings (SSSR count). The molecule has 0 aliphatic rings. The van der Waals surface area contributed by atoms with Crippen LogP contribution in [0, 0.1) is 11.3 Å². The maximum Gasteiger partial charge on any atom is 0.433 e. The number of nitriles is 1. The van der Waals surface area contributed by atoms with Crippen LogP contribution in [0.25, 0.3) is 0 Å². The van der Waals surface area contributed by atoms with E-state index in [0.717, 1.165) is 30.1 Å². The number of aromatic nitrogens is 1. The van der Waals surface area contributed by atoms with Crippen molar-refractivity contribution >= 4 is 17.6 Å². The van der Waals surface area contributed by atoms with Gasteiger partial charge >= 0.3 is 6.18 Å². The van der Waals surface area contributed by atoms with Gasteiger partial charge in [-0.15, -0.1) is 0 Å². The van der Waals surface area contributed by atoms with Gasteiger partial charge in [0, 0.05) is 6.04 Å². The second-order valence-electron chi connectivity index (χ2n) is 4.23. The number of anilines is 1. The summed E-state index contributed by atoms with van der Waals surface area (Å²) in [5, 5.41) is 11.8. The molecule has 0 saturated heterocycles. The SMILES string of the molecule is CCSCCC(C)Nc1nc(C(F)(F)F)ccc1C#N. The van der Waals surface area contributed by atoms with Crippen molar-refractivity contribution in [2.75, 3.05) is 16.8 Å². The Kier molecular flexibility index (Phi) is 6.14. The summed E-state index contributed by atoms with van der Waals surface area (Å²) < 4.78 is 37.8. The summed E-state index contributed by atoms with van der Waals surface area (Å²) in [6.07, 6.45) is -3.72. The lowest BCUT2D eigenvalue weighted by Crippen LogP contribution is -2.19. The Morgan fingerprint density at radius 3 is 2.70 bits per heavy atom. The average molecular weight is 303 g/mol. The van der Waals surface area contributed by atoms with Crippen molar-refractivity contribution in [2.45, 2.75) is 32.5 Å². The molecule has 0 radical (unpaired) electrons. The molecule has 0 fully saturated rings. The molecule has 110 valence electrons. The molecule has 0 aromatic carbocycles. The quantitative estimate of drug-likeness (QED) is 0.809. The fraction of sp³-hybridized carbons (Fsp3) is 0.538. The van der Waals surface area contributed by atoms with Crippen LogP contribution in [0.15, 0.2) is 12.1 Å². The Morgan fingerprint density at radius 1 is 1.45 bits per heavy atom. The zero-order valence-electron chi connectivity index (χ0n) is 11.3. The Bertz CT molecular complexity index is 483. The molecule has 1 aromatic rings. The maximum atomic E-state index is 12.6. The van der Waals surface area contributed by atoms with Crippen LogP contribution in [0.1, 0.15) is 31.5 Å². The van der Waals surface area contributed by atoms with Crippen LogP contribution in [-0.4, -0.2) is 22.5 Å². The van der Waals surface area contributed by atoms with Gasteiger partial charge in [0.05, 0.1) is 5.56 Å². The van der Waals surface area contributed by atoms with Gasteiger partial charge in [0.25, 0.3) is 0 Å². The number of thioether (sulfide) groups is 1. The predicted octanol–water partition coefficient (Wildman–Crippen LogP) is 3.92. The third kappa shape index (κ3) is 4.93. The fourth-order valence-corrected chi connectivity index (χ4v) is 2.34.